The minimum absolute atomic E-state index is 0.0972. The highest BCUT2D eigenvalue weighted by atomic mass is 15.1. The molecule has 0 radical (unpaired) electrons. The fourth-order valence-corrected chi connectivity index (χ4v) is 1.96. The van der Waals surface area contributed by atoms with Crippen molar-refractivity contribution in [3.63, 3.8) is 0 Å². The molecule has 0 amide bonds. The fraction of sp³-hybridized carbons (Fsp3) is 0.538. The molecule has 82 valence electrons. The lowest BCUT2D eigenvalue weighted by Crippen LogP contribution is -2.25. The van der Waals surface area contributed by atoms with Gasteiger partial charge in [-0.1, -0.05) is 12.1 Å². The number of aryl methyl sites for hydroxylation is 1. The lowest BCUT2D eigenvalue weighted by molar-refractivity contribution is 0.671. The predicted octanol–water partition coefficient (Wildman–Crippen LogP) is 2.09. The highest BCUT2D eigenvalue weighted by Crippen LogP contribution is 2.37. The third kappa shape index (κ3) is 2.32. The minimum atomic E-state index is 0.0972. The predicted molar refractivity (Wildman–Crippen MR) is 65.4 cm³/mol. The first-order valence-corrected chi connectivity index (χ1v) is 5.56. The van der Waals surface area contributed by atoms with Gasteiger partial charge in [0.1, 0.15) is 0 Å². The van der Waals surface area contributed by atoms with Gasteiger partial charge in [0.15, 0.2) is 0 Å². The topological polar surface area (TPSA) is 29.3 Å². The maximum Gasteiger partial charge on any atom is 0.0396 e. The van der Waals surface area contributed by atoms with Crippen LogP contribution in [0.1, 0.15) is 24.0 Å². The molecule has 0 aromatic heterocycles. The third-order valence-electron chi connectivity index (χ3n) is 3.16. The first kappa shape index (κ1) is 10.5. The van der Waals surface area contributed by atoms with Gasteiger partial charge in [-0.15, -0.1) is 0 Å². The standard InChI is InChI=1S/C13H20N2/c1-10-4-5-11(9-13(14)6-7-13)12(8-10)15(2)3/h4-5,8H,6-7,9,14H2,1-3H3. The van der Waals surface area contributed by atoms with Gasteiger partial charge in [0.05, 0.1) is 0 Å². The SMILES string of the molecule is Cc1ccc(CC2(N)CC2)c(N(C)C)c1. The van der Waals surface area contributed by atoms with Crippen LogP contribution in [0.3, 0.4) is 0 Å². The summed E-state index contributed by atoms with van der Waals surface area (Å²) in [6.45, 7) is 2.13. The molecule has 1 aromatic rings. The minimum Gasteiger partial charge on any atom is -0.377 e. The Morgan fingerprint density at radius 2 is 2.00 bits per heavy atom. The monoisotopic (exact) mass is 204 g/mol. The highest BCUT2D eigenvalue weighted by molar-refractivity contribution is 5.55. The van der Waals surface area contributed by atoms with Crippen LogP contribution >= 0.6 is 0 Å². The van der Waals surface area contributed by atoms with Crippen LogP contribution < -0.4 is 10.6 Å². The summed E-state index contributed by atoms with van der Waals surface area (Å²) < 4.78 is 0. The van der Waals surface area contributed by atoms with E-state index >= 15 is 0 Å². The molecule has 1 saturated carbocycles. The van der Waals surface area contributed by atoms with Gasteiger partial charge >= 0.3 is 0 Å². The molecule has 1 fully saturated rings. The second-order valence-electron chi connectivity index (χ2n) is 5.07. The van der Waals surface area contributed by atoms with Crippen molar-refractivity contribution in [3.05, 3.63) is 29.3 Å². The molecule has 15 heavy (non-hydrogen) atoms. The van der Waals surface area contributed by atoms with E-state index in [1.165, 1.54) is 29.7 Å². The van der Waals surface area contributed by atoms with Gasteiger partial charge in [0, 0.05) is 25.3 Å². The van der Waals surface area contributed by atoms with Crippen molar-refractivity contribution >= 4 is 5.69 Å². The number of hydrogen-bond acceptors (Lipinski definition) is 2. The van der Waals surface area contributed by atoms with E-state index in [9.17, 15) is 0 Å². The average Bonchev–Trinajstić information content (AvgIpc) is 2.87. The summed E-state index contributed by atoms with van der Waals surface area (Å²) in [6.07, 6.45) is 3.36. The Morgan fingerprint density at radius 3 is 2.53 bits per heavy atom. The molecule has 0 unspecified atom stereocenters. The van der Waals surface area contributed by atoms with Gasteiger partial charge in [-0.3, -0.25) is 0 Å². The largest absolute Gasteiger partial charge is 0.377 e. The number of rotatable bonds is 3. The maximum atomic E-state index is 6.17. The zero-order chi connectivity index (χ0) is 11.1. The zero-order valence-electron chi connectivity index (χ0n) is 9.88. The quantitative estimate of drug-likeness (QED) is 0.817. The van der Waals surface area contributed by atoms with E-state index in [1.54, 1.807) is 0 Å². The lowest BCUT2D eigenvalue weighted by atomic mass is 10.0. The van der Waals surface area contributed by atoms with Crippen LogP contribution in [0.2, 0.25) is 0 Å². The molecule has 2 nitrogen and oxygen atoms in total. The van der Waals surface area contributed by atoms with E-state index in [4.69, 9.17) is 5.73 Å². The smallest absolute Gasteiger partial charge is 0.0396 e. The Balaban J connectivity index is 2.28. The number of nitrogens with zero attached hydrogens (tertiary/aromatic N) is 1. The van der Waals surface area contributed by atoms with Crippen LogP contribution in [0.5, 0.6) is 0 Å². The van der Waals surface area contributed by atoms with Crippen LogP contribution in [0.15, 0.2) is 18.2 Å². The van der Waals surface area contributed by atoms with Crippen molar-refractivity contribution < 1.29 is 0 Å². The summed E-state index contributed by atoms with van der Waals surface area (Å²) in [6, 6.07) is 6.63. The molecular formula is C13H20N2. The molecule has 0 aliphatic heterocycles. The normalized spacial score (nSPS) is 17.6. The summed E-state index contributed by atoms with van der Waals surface area (Å²) in [5, 5.41) is 0. The lowest BCUT2D eigenvalue weighted by Gasteiger charge is -2.20. The third-order valence-corrected chi connectivity index (χ3v) is 3.16. The molecule has 1 aromatic carbocycles. The average molecular weight is 204 g/mol. The van der Waals surface area contributed by atoms with Crippen molar-refractivity contribution in [1.29, 1.82) is 0 Å². The van der Waals surface area contributed by atoms with Crippen LogP contribution in [0.4, 0.5) is 5.69 Å². The van der Waals surface area contributed by atoms with E-state index in [0.29, 0.717) is 0 Å². The first-order chi connectivity index (χ1) is 7.00. The maximum absolute atomic E-state index is 6.17. The van der Waals surface area contributed by atoms with Crippen LogP contribution in [-0.2, 0) is 6.42 Å². The number of hydrogen-bond donors (Lipinski definition) is 1. The summed E-state index contributed by atoms with van der Waals surface area (Å²) in [5.41, 5.74) is 10.3. The summed E-state index contributed by atoms with van der Waals surface area (Å²) >= 11 is 0. The second kappa shape index (κ2) is 3.53. The van der Waals surface area contributed by atoms with Gasteiger partial charge < -0.3 is 10.6 Å². The molecule has 1 aliphatic carbocycles. The number of anilines is 1. The Bertz CT molecular complexity index is 365. The molecule has 2 N–H and O–H groups in total. The molecule has 0 saturated heterocycles. The molecule has 0 atom stereocenters. The Kier molecular flexibility index (Phi) is 2.47. The first-order valence-electron chi connectivity index (χ1n) is 5.56. The molecule has 0 spiro atoms. The van der Waals surface area contributed by atoms with Gasteiger partial charge in [-0.05, 0) is 43.4 Å². The Morgan fingerprint density at radius 1 is 1.33 bits per heavy atom. The van der Waals surface area contributed by atoms with Crippen LogP contribution in [-0.4, -0.2) is 19.6 Å². The summed E-state index contributed by atoms with van der Waals surface area (Å²) in [4.78, 5) is 2.17. The summed E-state index contributed by atoms with van der Waals surface area (Å²) in [5.74, 6) is 0. The number of nitrogens with two attached hydrogens (primary N) is 1. The van der Waals surface area contributed by atoms with E-state index in [2.05, 4.69) is 44.1 Å². The van der Waals surface area contributed by atoms with Crippen LogP contribution in [0.25, 0.3) is 0 Å². The van der Waals surface area contributed by atoms with E-state index in [0.717, 1.165) is 6.42 Å². The van der Waals surface area contributed by atoms with Crippen molar-refractivity contribution in [1.82, 2.24) is 0 Å². The highest BCUT2D eigenvalue weighted by Gasteiger charge is 2.38. The van der Waals surface area contributed by atoms with Gasteiger partial charge in [0.2, 0.25) is 0 Å². The molecular weight excluding hydrogens is 184 g/mol. The molecule has 2 heteroatoms. The van der Waals surface area contributed by atoms with Crippen LogP contribution in [0, 0.1) is 6.92 Å². The van der Waals surface area contributed by atoms with E-state index < -0.39 is 0 Å². The van der Waals surface area contributed by atoms with Gasteiger partial charge in [-0.2, -0.15) is 0 Å². The molecule has 0 heterocycles. The fourth-order valence-electron chi connectivity index (χ4n) is 1.96. The molecule has 0 bridgehead atoms. The molecule has 1 aliphatic rings. The Labute approximate surface area is 92.1 Å². The van der Waals surface area contributed by atoms with E-state index in [1.807, 2.05) is 0 Å². The second-order valence-corrected chi connectivity index (χ2v) is 5.07. The Hall–Kier alpha value is -1.02. The van der Waals surface area contributed by atoms with Gasteiger partial charge in [-0.25, -0.2) is 0 Å². The number of benzene rings is 1. The van der Waals surface area contributed by atoms with Crippen molar-refractivity contribution in [3.8, 4) is 0 Å². The van der Waals surface area contributed by atoms with Crippen molar-refractivity contribution in [2.24, 2.45) is 5.73 Å². The van der Waals surface area contributed by atoms with Crippen molar-refractivity contribution in [2.45, 2.75) is 31.7 Å². The molecule has 2 rings (SSSR count). The zero-order valence-corrected chi connectivity index (χ0v) is 9.88. The van der Waals surface area contributed by atoms with Gasteiger partial charge in [0.25, 0.3) is 0 Å². The van der Waals surface area contributed by atoms with Crippen molar-refractivity contribution in [2.75, 3.05) is 19.0 Å². The van der Waals surface area contributed by atoms with E-state index in [-0.39, 0.29) is 5.54 Å². The summed E-state index contributed by atoms with van der Waals surface area (Å²) in [7, 11) is 4.18.